The summed E-state index contributed by atoms with van der Waals surface area (Å²) in [6, 6.07) is 18.7. The van der Waals surface area contributed by atoms with Crippen LogP contribution in [0.3, 0.4) is 0 Å². The summed E-state index contributed by atoms with van der Waals surface area (Å²) < 4.78 is 31.0. The summed E-state index contributed by atoms with van der Waals surface area (Å²) in [5.74, 6) is 4.47. The van der Waals surface area contributed by atoms with E-state index in [1.807, 2.05) is 60.7 Å². The van der Waals surface area contributed by atoms with Crippen LogP contribution in [-0.2, 0) is 4.74 Å². The first-order valence-electron chi connectivity index (χ1n) is 23.2. The van der Waals surface area contributed by atoms with E-state index >= 15 is 0 Å². The van der Waals surface area contributed by atoms with Crippen LogP contribution >= 0.6 is 11.6 Å². The number of nitrogens with one attached hydrogen (secondary N) is 1. The van der Waals surface area contributed by atoms with E-state index in [1.165, 1.54) is 57.8 Å². The molecule has 9 heteroatoms. The molecule has 0 aliphatic rings. The molecular weight excluding hydrogens is 772 g/mol. The maximum atomic E-state index is 13.6. The van der Waals surface area contributed by atoms with Crippen molar-refractivity contribution in [1.82, 2.24) is 5.32 Å². The highest BCUT2D eigenvalue weighted by molar-refractivity contribution is 6.30. The molecule has 3 aromatic carbocycles. The Hall–Kier alpha value is -3.46. The van der Waals surface area contributed by atoms with Gasteiger partial charge in [0.15, 0.2) is 11.5 Å². The summed E-state index contributed by atoms with van der Waals surface area (Å²) in [6.45, 7) is 16.8. The number of ether oxygens (including phenoxy) is 5. The quantitative estimate of drug-likeness (QED) is 0.0577. The predicted molar refractivity (Wildman–Crippen MR) is 249 cm³/mol. The minimum atomic E-state index is -0.248. The number of hydrogen-bond donors (Lipinski definition) is 2. The molecule has 8 nitrogen and oxygen atoms in total. The summed E-state index contributed by atoms with van der Waals surface area (Å²) >= 11 is 6.03. The van der Waals surface area contributed by atoms with Gasteiger partial charge in [-0.05, 0) is 84.5 Å². The van der Waals surface area contributed by atoms with Crippen LogP contribution in [0.1, 0.15) is 165 Å². The molecule has 1 atom stereocenters. The van der Waals surface area contributed by atoms with Crippen molar-refractivity contribution in [3.05, 3.63) is 82.4 Å². The number of carbonyl (C=O) groups is 1. The highest BCUT2D eigenvalue weighted by Gasteiger charge is 2.19. The number of carbonyl (C=O) groups excluding carboxylic acids is 1. The molecule has 0 fully saturated rings. The number of hydrogen-bond acceptors (Lipinski definition) is 7. The molecule has 1 unspecified atom stereocenters. The monoisotopic (exact) mass is 851 g/mol. The average Bonchev–Trinajstić information content (AvgIpc) is 3.22. The van der Waals surface area contributed by atoms with E-state index in [2.05, 4.69) is 46.9 Å². The number of rotatable bonds is 34. The van der Waals surface area contributed by atoms with Crippen LogP contribution in [0.15, 0.2) is 60.7 Å². The van der Waals surface area contributed by atoms with Gasteiger partial charge in [0.1, 0.15) is 12.4 Å². The lowest BCUT2D eigenvalue weighted by Gasteiger charge is -2.19. The predicted octanol–water partition coefficient (Wildman–Crippen LogP) is 13.2. The van der Waals surface area contributed by atoms with Crippen molar-refractivity contribution in [1.29, 1.82) is 0 Å². The van der Waals surface area contributed by atoms with E-state index in [9.17, 15) is 4.79 Å². The molecule has 0 bridgehead atoms. The van der Waals surface area contributed by atoms with Gasteiger partial charge in [-0.1, -0.05) is 154 Å². The Balaban J connectivity index is 1.57. The maximum Gasteiger partial charge on any atom is 0.251 e. The van der Waals surface area contributed by atoms with Gasteiger partial charge in [-0.3, -0.25) is 4.79 Å². The first-order chi connectivity index (χ1) is 29.0. The van der Waals surface area contributed by atoms with E-state index in [4.69, 9.17) is 41.0 Å². The zero-order valence-electron chi connectivity index (χ0n) is 38.0. The molecule has 0 radical (unpaired) electrons. The molecule has 0 aliphatic heterocycles. The van der Waals surface area contributed by atoms with Crippen LogP contribution in [0, 0.1) is 17.8 Å². The lowest BCUT2D eigenvalue weighted by molar-refractivity contribution is 0.0866. The van der Waals surface area contributed by atoms with Gasteiger partial charge < -0.3 is 34.7 Å². The molecule has 3 N–H and O–H groups in total. The summed E-state index contributed by atoms with van der Waals surface area (Å²) in [7, 11) is 0. The molecule has 60 heavy (non-hydrogen) atoms. The van der Waals surface area contributed by atoms with Crippen LogP contribution in [-0.4, -0.2) is 52.1 Å². The molecule has 0 aromatic heterocycles. The van der Waals surface area contributed by atoms with Crippen LogP contribution in [0.5, 0.6) is 23.0 Å². The van der Waals surface area contributed by atoms with Gasteiger partial charge >= 0.3 is 0 Å². The second kappa shape index (κ2) is 30.5. The molecule has 0 aliphatic carbocycles. The molecule has 0 heterocycles. The lowest BCUT2D eigenvalue weighted by atomic mass is 10.00. The Bertz CT molecular complexity index is 1520. The largest absolute Gasteiger partial charge is 0.491 e. The summed E-state index contributed by atoms with van der Waals surface area (Å²) in [4.78, 5) is 13.6. The summed E-state index contributed by atoms with van der Waals surface area (Å²) in [5, 5.41) is 3.70. The number of nitrogens with two attached hydrogens (primary N) is 1. The van der Waals surface area contributed by atoms with Gasteiger partial charge in [0.05, 0.1) is 39.1 Å². The van der Waals surface area contributed by atoms with Crippen LogP contribution < -0.4 is 30.0 Å². The molecular formula is C51H79ClN2O6. The molecule has 1 amide bonds. The maximum absolute atomic E-state index is 13.6. The van der Waals surface area contributed by atoms with Crippen molar-refractivity contribution in [2.45, 2.75) is 144 Å². The number of benzene rings is 3. The minimum absolute atomic E-state index is 0.208. The standard InChI is InChI=1S/C51H79ClN2O6/c1-39(2)19-13-7-10-16-31-58-47-37-44(38-48(59-32-17-11-8-14-20-40(3)4)50(47)60-33-18-12-9-15-21-41(5)6)51(55)54-30-34-56-35-36-57-46-28-24-43(25-29-46)49(53)42-22-26-45(52)27-23-42/h22-29,37-41,49H,7-21,30-36,53H2,1-6H3,(H,54,55). The van der Waals surface area contributed by atoms with Gasteiger partial charge in [-0.15, -0.1) is 0 Å². The lowest BCUT2D eigenvalue weighted by Crippen LogP contribution is -2.28. The Kier molecular flexibility index (Phi) is 25.9. The van der Waals surface area contributed by atoms with Gasteiger partial charge in [0.25, 0.3) is 5.91 Å². The zero-order valence-corrected chi connectivity index (χ0v) is 38.8. The zero-order chi connectivity index (χ0) is 43.4. The fourth-order valence-electron chi connectivity index (χ4n) is 6.92. The molecule has 0 spiro atoms. The molecule has 336 valence electrons. The second-order valence-electron chi connectivity index (χ2n) is 17.5. The van der Waals surface area contributed by atoms with E-state index in [1.54, 1.807) is 0 Å². The smallest absolute Gasteiger partial charge is 0.251 e. The summed E-state index contributed by atoms with van der Waals surface area (Å²) in [6.07, 6.45) is 17.3. The molecule has 0 saturated carbocycles. The van der Waals surface area contributed by atoms with Crippen molar-refractivity contribution < 1.29 is 28.5 Å². The third kappa shape index (κ3) is 21.9. The fourth-order valence-corrected chi connectivity index (χ4v) is 7.05. The van der Waals surface area contributed by atoms with Crippen molar-refractivity contribution >= 4 is 17.5 Å². The van der Waals surface area contributed by atoms with Gasteiger partial charge in [-0.2, -0.15) is 0 Å². The first-order valence-corrected chi connectivity index (χ1v) is 23.6. The van der Waals surface area contributed by atoms with Gasteiger partial charge in [0.2, 0.25) is 5.75 Å². The molecule has 3 aromatic rings. The van der Waals surface area contributed by atoms with Crippen molar-refractivity contribution in [2.75, 3.05) is 46.2 Å². The topological polar surface area (TPSA) is 101 Å². The highest BCUT2D eigenvalue weighted by atomic mass is 35.5. The molecule has 3 rings (SSSR count). The minimum Gasteiger partial charge on any atom is -0.491 e. The van der Waals surface area contributed by atoms with E-state index in [-0.39, 0.29) is 11.9 Å². The Morgan fingerprint density at radius 3 is 1.48 bits per heavy atom. The van der Waals surface area contributed by atoms with Gasteiger partial charge in [0, 0.05) is 17.1 Å². The van der Waals surface area contributed by atoms with Crippen LogP contribution in [0.2, 0.25) is 5.02 Å². The van der Waals surface area contributed by atoms with E-state index in [0.717, 1.165) is 73.2 Å². The SMILES string of the molecule is CC(C)CCCCCCOc1cc(C(=O)NCCOCCOc2ccc(C(N)c3ccc(Cl)cc3)cc2)cc(OCCCCCCC(C)C)c1OCCCCCCC(C)C. The first kappa shape index (κ1) is 50.9. The Morgan fingerprint density at radius 2 is 1.00 bits per heavy atom. The fraction of sp³-hybridized carbons (Fsp3) is 0.627. The highest BCUT2D eigenvalue weighted by Crippen LogP contribution is 2.40. The third-order valence-corrected chi connectivity index (χ3v) is 10.8. The normalized spacial score (nSPS) is 12.0. The number of amides is 1. The Labute approximate surface area is 369 Å². The average molecular weight is 852 g/mol. The van der Waals surface area contributed by atoms with Crippen molar-refractivity contribution in [3.63, 3.8) is 0 Å². The van der Waals surface area contributed by atoms with Crippen molar-refractivity contribution in [2.24, 2.45) is 23.5 Å². The third-order valence-electron chi connectivity index (χ3n) is 10.6. The van der Waals surface area contributed by atoms with Crippen LogP contribution in [0.25, 0.3) is 0 Å². The number of halogens is 1. The van der Waals surface area contributed by atoms with Gasteiger partial charge in [-0.25, -0.2) is 0 Å². The second-order valence-corrected chi connectivity index (χ2v) is 17.9. The van der Waals surface area contributed by atoms with E-state index < -0.39 is 0 Å². The van der Waals surface area contributed by atoms with E-state index in [0.29, 0.717) is 74.0 Å². The summed E-state index contributed by atoms with van der Waals surface area (Å²) in [5.41, 5.74) is 8.90. The van der Waals surface area contributed by atoms with Crippen molar-refractivity contribution in [3.8, 4) is 23.0 Å². The number of unbranched alkanes of at least 4 members (excludes halogenated alkanes) is 9. The Morgan fingerprint density at radius 1 is 0.550 bits per heavy atom. The van der Waals surface area contributed by atoms with Crippen LogP contribution in [0.4, 0.5) is 0 Å². The molecule has 0 saturated heterocycles.